The summed E-state index contributed by atoms with van der Waals surface area (Å²) in [5.74, 6) is 1.01. The largest absolute Gasteiger partial charge is 0.451 e. The molecule has 5 aliphatic rings. The third kappa shape index (κ3) is 8.35. The van der Waals surface area contributed by atoms with E-state index in [9.17, 15) is 22.4 Å². The van der Waals surface area contributed by atoms with Gasteiger partial charge in [0.15, 0.2) is 11.6 Å². The Balaban J connectivity index is 0.863. The van der Waals surface area contributed by atoms with Crippen LogP contribution in [-0.2, 0) is 14.9 Å². The fourth-order valence-electron chi connectivity index (χ4n) is 9.28. The highest BCUT2D eigenvalue weighted by Crippen LogP contribution is 2.46. The Morgan fingerprint density at radius 2 is 1.55 bits per heavy atom. The average Bonchev–Trinajstić information content (AvgIpc) is 3.06. The smallest absolute Gasteiger partial charge is 0.410 e. The first-order chi connectivity index (χ1) is 26.4. The molecule has 2 amide bonds. The molecule has 1 aromatic heterocycles. The van der Waals surface area contributed by atoms with E-state index < -0.39 is 21.6 Å². The van der Waals surface area contributed by atoms with Gasteiger partial charge in [-0.05, 0) is 111 Å². The molecule has 6 heterocycles. The zero-order chi connectivity index (χ0) is 40.2. The number of ether oxygens (including phenoxy) is 2. The van der Waals surface area contributed by atoms with Crippen molar-refractivity contribution in [3.05, 3.63) is 42.1 Å². The standard InChI is InChI=1S/C40H59FN8O6S/c1-28(2)49(29(3)4)36(50)32-18-31(41)8-9-33(32)54-34-19-42-27-43-35(34)45-21-39(22-45)12-16-44(17-13-39)20-30-10-14-47(15-11-30)56(52,53)48-25-40(26-48)23-46(24-40)37(51)55-38(5,6)7/h8-9,18-19,27-30H,10-17,20-26H2,1-7H3. The maximum absolute atomic E-state index is 14.4. The van der Waals surface area contributed by atoms with Crippen molar-refractivity contribution >= 4 is 28.0 Å². The fraction of sp³-hybridized carbons (Fsp3) is 0.700. The van der Waals surface area contributed by atoms with Crippen LogP contribution in [0.4, 0.5) is 15.0 Å². The molecule has 308 valence electrons. The summed E-state index contributed by atoms with van der Waals surface area (Å²) in [5, 5.41) is 0. The van der Waals surface area contributed by atoms with Crippen LogP contribution in [0.3, 0.4) is 0 Å². The molecule has 0 radical (unpaired) electrons. The van der Waals surface area contributed by atoms with E-state index >= 15 is 0 Å². The van der Waals surface area contributed by atoms with Crippen molar-refractivity contribution in [2.45, 2.75) is 91.8 Å². The number of benzene rings is 1. The molecule has 0 bridgehead atoms. The number of nitrogens with zero attached hydrogens (tertiary/aromatic N) is 8. The van der Waals surface area contributed by atoms with Crippen molar-refractivity contribution in [1.82, 2.24) is 33.3 Å². The van der Waals surface area contributed by atoms with E-state index in [1.165, 1.54) is 24.5 Å². The van der Waals surface area contributed by atoms with Crippen molar-refractivity contribution in [3.8, 4) is 11.5 Å². The molecule has 16 heteroatoms. The van der Waals surface area contributed by atoms with Crippen LogP contribution in [0.5, 0.6) is 11.5 Å². The molecular weight excluding hydrogens is 740 g/mol. The fourth-order valence-corrected chi connectivity index (χ4v) is 11.1. The molecule has 56 heavy (non-hydrogen) atoms. The van der Waals surface area contributed by atoms with E-state index in [0.717, 1.165) is 58.4 Å². The second-order valence-electron chi connectivity index (χ2n) is 18.5. The van der Waals surface area contributed by atoms with Crippen LogP contribution in [0, 0.1) is 22.6 Å². The summed E-state index contributed by atoms with van der Waals surface area (Å²) in [7, 11) is -3.51. The molecule has 5 fully saturated rings. The first kappa shape index (κ1) is 40.6. The van der Waals surface area contributed by atoms with Crippen LogP contribution in [0.1, 0.15) is 84.5 Å². The first-order valence-electron chi connectivity index (χ1n) is 20.2. The van der Waals surface area contributed by atoms with Crippen molar-refractivity contribution < 1.29 is 31.9 Å². The van der Waals surface area contributed by atoms with Gasteiger partial charge >= 0.3 is 6.09 Å². The maximum atomic E-state index is 14.4. The van der Waals surface area contributed by atoms with E-state index in [1.807, 2.05) is 48.5 Å². The van der Waals surface area contributed by atoms with Crippen LogP contribution in [0.25, 0.3) is 0 Å². The van der Waals surface area contributed by atoms with Gasteiger partial charge in [0.1, 0.15) is 23.5 Å². The van der Waals surface area contributed by atoms with E-state index in [1.54, 1.807) is 24.6 Å². The lowest BCUT2D eigenvalue weighted by molar-refractivity contribution is -0.0855. The van der Waals surface area contributed by atoms with Gasteiger partial charge in [-0.25, -0.2) is 19.2 Å². The van der Waals surface area contributed by atoms with Gasteiger partial charge in [-0.1, -0.05) is 0 Å². The number of amides is 2. The Labute approximate surface area is 331 Å². The first-order valence-corrected chi connectivity index (χ1v) is 21.6. The lowest BCUT2D eigenvalue weighted by atomic mass is 9.72. The number of rotatable bonds is 10. The predicted octanol–water partition coefficient (Wildman–Crippen LogP) is 5.08. The molecule has 14 nitrogen and oxygen atoms in total. The summed E-state index contributed by atoms with van der Waals surface area (Å²) in [6.45, 7) is 21.0. The van der Waals surface area contributed by atoms with Crippen LogP contribution < -0.4 is 9.64 Å². The zero-order valence-corrected chi connectivity index (χ0v) is 34.9. The lowest BCUT2D eigenvalue weighted by Crippen LogP contribution is -2.74. The summed E-state index contributed by atoms with van der Waals surface area (Å²) in [6, 6.07) is 3.87. The second kappa shape index (κ2) is 15.3. The van der Waals surface area contributed by atoms with Gasteiger partial charge in [0.05, 0.1) is 11.8 Å². The van der Waals surface area contributed by atoms with Crippen LogP contribution >= 0.6 is 0 Å². The Morgan fingerprint density at radius 3 is 2.16 bits per heavy atom. The SMILES string of the molecule is CC(C)N(C(=O)c1cc(F)ccc1Oc1cncnc1N1CC2(CCN(CC3CCN(S(=O)(=O)N4CC5(CN(C(=O)OC(C)(C)C)C5)C4)CC3)CC2)C1)C(C)C. The molecule has 5 saturated heterocycles. The number of carbonyl (C=O) groups excluding carboxylic acids is 2. The molecule has 2 spiro atoms. The molecule has 0 N–H and O–H groups in total. The second-order valence-corrected chi connectivity index (χ2v) is 20.4. The normalized spacial score (nSPS) is 21.9. The zero-order valence-electron chi connectivity index (χ0n) is 34.0. The van der Waals surface area contributed by atoms with E-state index in [0.29, 0.717) is 56.8 Å². The third-order valence-electron chi connectivity index (χ3n) is 12.1. The number of anilines is 1. The van der Waals surface area contributed by atoms with Gasteiger partial charge in [-0.3, -0.25) is 4.79 Å². The minimum atomic E-state index is -3.51. The van der Waals surface area contributed by atoms with Crippen molar-refractivity contribution in [2.75, 3.05) is 76.9 Å². The third-order valence-corrected chi connectivity index (χ3v) is 14.1. The molecule has 0 atom stereocenters. The maximum Gasteiger partial charge on any atom is 0.410 e. The van der Waals surface area contributed by atoms with Gasteiger partial charge in [0.2, 0.25) is 0 Å². The molecule has 0 aliphatic carbocycles. The van der Waals surface area contributed by atoms with Gasteiger partial charge in [-0.15, -0.1) is 0 Å². The van der Waals surface area contributed by atoms with Crippen molar-refractivity contribution in [2.24, 2.45) is 16.7 Å². The Morgan fingerprint density at radius 1 is 0.911 bits per heavy atom. The number of hydrogen-bond acceptors (Lipinski definition) is 10. The minimum absolute atomic E-state index is 0.0751. The Bertz CT molecular complexity index is 1860. The van der Waals surface area contributed by atoms with E-state index in [-0.39, 0.29) is 46.2 Å². The Hall–Kier alpha value is -3.60. The number of hydrogen-bond donors (Lipinski definition) is 0. The van der Waals surface area contributed by atoms with Gasteiger partial charge in [-0.2, -0.15) is 17.0 Å². The number of carbonyl (C=O) groups is 2. The Kier molecular flexibility index (Phi) is 11.1. The number of halogens is 1. The van der Waals surface area contributed by atoms with Crippen molar-refractivity contribution in [3.63, 3.8) is 0 Å². The average molecular weight is 799 g/mol. The summed E-state index contributed by atoms with van der Waals surface area (Å²) >= 11 is 0. The van der Waals surface area contributed by atoms with Gasteiger partial charge in [0, 0.05) is 81.8 Å². The molecule has 2 aromatic rings. The monoisotopic (exact) mass is 798 g/mol. The summed E-state index contributed by atoms with van der Waals surface area (Å²) in [5.41, 5.74) is -0.351. The molecule has 1 aromatic carbocycles. The number of piperidine rings is 2. The number of aromatic nitrogens is 2. The van der Waals surface area contributed by atoms with E-state index in [4.69, 9.17) is 9.47 Å². The highest BCUT2D eigenvalue weighted by atomic mass is 32.2. The molecule has 7 rings (SSSR count). The predicted molar refractivity (Wildman–Crippen MR) is 210 cm³/mol. The quantitative estimate of drug-likeness (QED) is 0.321. The van der Waals surface area contributed by atoms with Crippen molar-refractivity contribution in [1.29, 1.82) is 0 Å². The van der Waals surface area contributed by atoms with Crippen LogP contribution in [0.15, 0.2) is 30.7 Å². The summed E-state index contributed by atoms with van der Waals surface area (Å²) in [4.78, 5) is 42.8. The number of likely N-dealkylation sites (tertiary alicyclic amines) is 2. The van der Waals surface area contributed by atoms with Crippen LogP contribution in [-0.4, -0.2) is 143 Å². The van der Waals surface area contributed by atoms with Gasteiger partial charge < -0.3 is 29.1 Å². The van der Waals surface area contributed by atoms with Crippen LogP contribution in [0.2, 0.25) is 0 Å². The molecule has 0 saturated carbocycles. The highest BCUT2D eigenvalue weighted by Gasteiger charge is 2.58. The molecular formula is C40H59FN8O6S. The highest BCUT2D eigenvalue weighted by molar-refractivity contribution is 7.86. The minimum Gasteiger partial charge on any atom is -0.451 e. The van der Waals surface area contributed by atoms with Gasteiger partial charge in [0.25, 0.3) is 16.1 Å². The molecule has 0 unspecified atom stereocenters. The summed E-state index contributed by atoms with van der Waals surface area (Å²) in [6.07, 6.45) is 6.60. The molecule has 5 aliphatic heterocycles. The topological polar surface area (TPSA) is 132 Å². The van der Waals surface area contributed by atoms with E-state index in [2.05, 4.69) is 19.8 Å². The lowest BCUT2D eigenvalue weighted by Gasteiger charge is -2.59. The summed E-state index contributed by atoms with van der Waals surface area (Å²) < 4.78 is 56.3.